The summed E-state index contributed by atoms with van der Waals surface area (Å²) in [5.74, 6) is -1.64. The summed E-state index contributed by atoms with van der Waals surface area (Å²) in [5.41, 5.74) is 1.14. The van der Waals surface area contributed by atoms with E-state index < -0.39 is 11.9 Å². The van der Waals surface area contributed by atoms with E-state index in [9.17, 15) is 14.7 Å². The number of carbonyl (C=O) groups excluding carboxylic acids is 2. The topological polar surface area (TPSA) is 91.3 Å². The monoisotopic (exact) mass is 450 g/mol. The van der Waals surface area contributed by atoms with Crippen LogP contribution in [-0.2, 0) is 6.42 Å². The third-order valence-corrected chi connectivity index (χ3v) is 4.78. The third-order valence-electron chi connectivity index (χ3n) is 4.24. The minimum Gasteiger partial charge on any atom is -0.545 e. The van der Waals surface area contributed by atoms with Gasteiger partial charge < -0.3 is 20.0 Å². The molecule has 1 heterocycles. The molecule has 0 aliphatic heterocycles. The van der Waals surface area contributed by atoms with Crippen LogP contribution in [0.25, 0.3) is 0 Å². The predicted molar refractivity (Wildman–Crippen MR) is 113 cm³/mol. The van der Waals surface area contributed by atoms with Gasteiger partial charge in [0.15, 0.2) is 0 Å². The third kappa shape index (κ3) is 7.02. The molecule has 0 aliphatic carbocycles. The van der Waals surface area contributed by atoms with Crippen LogP contribution in [0.5, 0.6) is 5.75 Å². The second-order valence-corrected chi connectivity index (χ2v) is 7.23. The molecule has 1 N–H and O–H groups in total. The number of halogens is 2. The van der Waals surface area contributed by atoms with Gasteiger partial charge in [0.2, 0.25) is 0 Å². The van der Waals surface area contributed by atoms with E-state index in [-0.39, 0.29) is 40.7 Å². The van der Waals surface area contributed by atoms with Crippen molar-refractivity contribution in [2.45, 2.75) is 12.8 Å². The van der Waals surface area contributed by atoms with Crippen molar-refractivity contribution >= 4 is 40.8 Å². The number of aryl methyl sites for hydroxylation is 1. The summed E-state index contributed by atoms with van der Waals surface area (Å²) in [6.45, 7) is 0.396. The molecule has 0 aliphatic rings. The molecule has 0 saturated heterocycles. The van der Waals surface area contributed by atoms with E-state index in [2.05, 4.69) is 10.3 Å². The number of anilines is 1. The number of hydrogen-bond acceptors (Lipinski definition) is 5. The van der Waals surface area contributed by atoms with E-state index in [1.807, 2.05) is 12.1 Å². The molecule has 6 nitrogen and oxygen atoms in total. The van der Waals surface area contributed by atoms with Crippen molar-refractivity contribution < 1.29 is 38.3 Å². The van der Waals surface area contributed by atoms with Gasteiger partial charge in [0.1, 0.15) is 5.75 Å². The van der Waals surface area contributed by atoms with Crippen molar-refractivity contribution in [3.63, 3.8) is 0 Å². The number of hydrogen-bond donors (Lipinski definition) is 1. The summed E-state index contributed by atoms with van der Waals surface area (Å²) < 4.78 is 5.64. The van der Waals surface area contributed by atoms with Crippen molar-refractivity contribution in [2.24, 2.45) is 0 Å². The Bertz CT molecular complexity index is 1060. The van der Waals surface area contributed by atoms with Crippen LogP contribution in [0.4, 0.5) is 5.69 Å². The number of rotatable bonds is 8. The molecule has 3 rings (SSSR count). The van der Waals surface area contributed by atoms with Gasteiger partial charge in [0, 0.05) is 23.0 Å². The maximum atomic E-state index is 12.5. The Morgan fingerprint density at radius 1 is 1.06 bits per heavy atom. The number of amides is 1. The number of aromatic nitrogens is 1. The zero-order valence-electron chi connectivity index (χ0n) is 16.7. The molecule has 31 heavy (non-hydrogen) atoms. The quantitative estimate of drug-likeness (QED) is 0.408. The van der Waals surface area contributed by atoms with Gasteiger partial charge in [0.05, 0.1) is 28.8 Å². The Kier molecular flexibility index (Phi) is 9.41. The van der Waals surface area contributed by atoms with Gasteiger partial charge in [-0.15, -0.1) is 0 Å². The molecule has 0 atom stereocenters. The molecule has 2 aromatic carbocycles. The van der Waals surface area contributed by atoms with Crippen LogP contribution in [0.15, 0.2) is 60.9 Å². The molecule has 0 radical (unpaired) electrons. The zero-order valence-corrected chi connectivity index (χ0v) is 18.2. The number of nitrogens with one attached hydrogen (secondary N) is 1. The van der Waals surface area contributed by atoms with Gasteiger partial charge in [-0.05, 0) is 60.9 Å². The van der Waals surface area contributed by atoms with Crippen molar-refractivity contribution in [2.75, 3.05) is 11.9 Å². The number of carbonyl (C=O) groups is 2. The fourth-order valence-corrected chi connectivity index (χ4v) is 3.26. The minimum absolute atomic E-state index is 0. The molecule has 1 amide bonds. The van der Waals surface area contributed by atoms with Crippen LogP contribution >= 0.6 is 23.2 Å². The van der Waals surface area contributed by atoms with Gasteiger partial charge in [-0.3, -0.25) is 9.78 Å². The second kappa shape index (κ2) is 11.8. The largest absolute Gasteiger partial charge is 1.00 e. The van der Waals surface area contributed by atoms with Gasteiger partial charge >= 0.3 is 18.9 Å². The predicted octanol–water partition coefficient (Wildman–Crippen LogP) is 1.02. The average molecular weight is 451 g/mol. The summed E-state index contributed by atoms with van der Waals surface area (Å²) in [6, 6.07) is 12.6. The fraction of sp³-hybridized carbons (Fsp3) is 0.136. The molecule has 0 saturated carbocycles. The zero-order chi connectivity index (χ0) is 21.5. The first kappa shape index (κ1) is 24.8. The Hall–Kier alpha value is -2.49. The molecule has 154 valence electrons. The number of aromatic carboxylic acids is 1. The maximum Gasteiger partial charge on any atom is 1.00 e. The summed E-state index contributed by atoms with van der Waals surface area (Å²) >= 11 is 11.9. The standard InChI is InChI=1S/C22H18Cl2N2O4.Li/c23-15-5-7-17(19(24)11-15)21(27)26-20-8-6-16(12-18(20)22(28)29)30-10-2-4-14-3-1-9-25-13-14;/h1,3,5-9,11-13H,2,4,10H2,(H,26,27)(H,28,29);/q;+1/p-1. The van der Waals surface area contributed by atoms with Gasteiger partial charge in [0.25, 0.3) is 5.91 Å². The molecule has 9 heteroatoms. The molecule has 0 spiro atoms. The van der Waals surface area contributed by atoms with Crippen molar-refractivity contribution in [1.29, 1.82) is 0 Å². The normalized spacial score (nSPS) is 10.1. The SMILES string of the molecule is O=C(Nc1ccc(OCCCc2cccnc2)cc1C(=O)[O-])c1ccc(Cl)cc1Cl.[Li+]. The Labute approximate surface area is 201 Å². The van der Waals surface area contributed by atoms with Crippen LogP contribution < -0.4 is 34.0 Å². The van der Waals surface area contributed by atoms with Crippen molar-refractivity contribution in [3.05, 3.63) is 87.7 Å². The summed E-state index contributed by atoms with van der Waals surface area (Å²) in [6.07, 6.45) is 5.03. The Morgan fingerprint density at radius 3 is 2.55 bits per heavy atom. The smallest absolute Gasteiger partial charge is 0.545 e. The first-order chi connectivity index (χ1) is 14.4. The van der Waals surface area contributed by atoms with Crippen LogP contribution in [0.1, 0.15) is 32.7 Å². The van der Waals surface area contributed by atoms with Crippen LogP contribution in [0, 0.1) is 0 Å². The van der Waals surface area contributed by atoms with Gasteiger partial charge in [-0.25, -0.2) is 0 Å². The van der Waals surface area contributed by atoms with Crippen molar-refractivity contribution in [3.8, 4) is 5.75 Å². The van der Waals surface area contributed by atoms with E-state index in [1.165, 1.54) is 30.3 Å². The molecule has 1 aromatic heterocycles. The molecule has 0 fully saturated rings. The number of nitrogens with zero attached hydrogens (tertiary/aromatic N) is 1. The number of ether oxygens (including phenoxy) is 1. The maximum absolute atomic E-state index is 12.5. The first-order valence-corrected chi connectivity index (χ1v) is 9.83. The molecular formula is C22H17Cl2LiN2O4. The minimum atomic E-state index is -1.44. The molecule has 3 aromatic rings. The van der Waals surface area contributed by atoms with E-state index in [0.29, 0.717) is 17.4 Å². The Balaban J connectivity index is 0.00000341. The summed E-state index contributed by atoms with van der Waals surface area (Å²) in [4.78, 5) is 28.1. The first-order valence-electron chi connectivity index (χ1n) is 9.07. The molecular weight excluding hydrogens is 434 g/mol. The fourth-order valence-electron chi connectivity index (χ4n) is 2.77. The van der Waals surface area contributed by atoms with Crippen LogP contribution in [0.3, 0.4) is 0 Å². The number of carboxylic acids is 1. The summed E-state index contributed by atoms with van der Waals surface area (Å²) in [5, 5.41) is 14.6. The van der Waals surface area contributed by atoms with Crippen LogP contribution in [0.2, 0.25) is 10.0 Å². The van der Waals surface area contributed by atoms with Crippen molar-refractivity contribution in [1.82, 2.24) is 4.98 Å². The van der Waals surface area contributed by atoms with E-state index in [1.54, 1.807) is 18.5 Å². The molecule has 0 unspecified atom stereocenters. The number of carboxylic acid groups (broad SMARTS) is 1. The number of pyridine rings is 1. The van der Waals surface area contributed by atoms with E-state index >= 15 is 0 Å². The van der Waals surface area contributed by atoms with Crippen LogP contribution in [-0.4, -0.2) is 23.5 Å². The van der Waals surface area contributed by atoms with E-state index in [4.69, 9.17) is 27.9 Å². The number of benzene rings is 2. The summed E-state index contributed by atoms with van der Waals surface area (Å²) in [7, 11) is 0. The van der Waals surface area contributed by atoms with Gasteiger partial charge in [-0.2, -0.15) is 0 Å². The second-order valence-electron chi connectivity index (χ2n) is 6.39. The molecule has 0 bridgehead atoms. The average Bonchev–Trinajstić information content (AvgIpc) is 2.72. The Morgan fingerprint density at radius 2 is 1.87 bits per heavy atom. The van der Waals surface area contributed by atoms with Gasteiger partial charge in [-0.1, -0.05) is 29.3 Å². The van der Waals surface area contributed by atoms with E-state index in [0.717, 1.165) is 18.4 Å².